The van der Waals surface area contributed by atoms with Crippen LogP contribution in [0.4, 0.5) is 0 Å². The van der Waals surface area contributed by atoms with Gasteiger partial charge in [0.25, 0.3) is 0 Å². The van der Waals surface area contributed by atoms with Gasteiger partial charge in [-0.15, -0.1) is 0 Å². The number of phosphoric acid groups is 1. The molecule has 268 valence electrons. The highest BCUT2D eigenvalue weighted by Crippen LogP contribution is 2.43. The number of esters is 2. The van der Waals surface area contributed by atoms with Gasteiger partial charge in [-0.2, -0.15) is 0 Å². The average Bonchev–Trinajstić information content (AvgIpc) is 3.02. The molecule has 0 saturated carbocycles. The molecule has 45 heavy (non-hydrogen) atoms. The molecule has 3 N–H and O–H groups in total. The van der Waals surface area contributed by atoms with Gasteiger partial charge in [-0.3, -0.25) is 18.6 Å². The lowest BCUT2D eigenvalue weighted by Gasteiger charge is -2.19. The standard InChI is InChI=1S/C35H70NO8P/c1-3-5-7-9-11-13-15-16-17-18-20-21-23-25-27-34(37)41-31-33(32-43-45(39,40)42-30-29-36)44-35(38)28-26-24-22-19-14-12-10-8-6-4-2/h33H,3-32,36H2,1-2H3,(H,39,40). The number of rotatable bonds is 35. The summed E-state index contributed by atoms with van der Waals surface area (Å²) in [6, 6.07) is 0. The Morgan fingerprint density at radius 1 is 0.578 bits per heavy atom. The highest BCUT2D eigenvalue weighted by molar-refractivity contribution is 7.47. The molecule has 0 aromatic rings. The van der Waals surface area contributed by atoms with Crippen molar-refractivity contribution in [3.05, 3.63) is 0 Å². The lowest BCUT2D eigenvalue weighted by Crippen LogP contribution is -2.29. The lowest BCUT2D eigenvalue weighted by atomic mass is 10.0. The third kappa shape index (κ3) is 32.7. The Bertz CT molecular complexity index is 724. The Hall–Kier alpha value is -0.990. The minimum absolute atomic E-state index is 0.0576. The van der Waals surface area contributed by atoms with Crippen LogP contribution in [0.25, 0.3) is 0 Å². The predicted octanol–water partition coefficient (Wildman–Crippen LogP) is 9.72. The molecule has 0 aliphatic carbocycles. The summed E-state index contributed by atoms with van der Waals surface area (Å²) in [6.45, 7) is 3.72. The van der Waals surface area contributed by atoms with E-state index in [1.165, 1.54) is 116 Å². The van der Waals surface area contributed by atoms with E-state index < -0.39 is 26.5 Å². The van der Waals surface area contributed by atoms with Crippen molar-refractivity contribution in [1.82, 2.24) is 0 Å². The largest absolute Gasteiger partial charge is 0.472 e. The Labute approximate surface area is 276 Å². The van der Waals surface area contributed by atoms with E-state index in [2.05, 4.69) is 13.8 Å². The van der Waals surface area contributed by atoms with Crippen molar-refractivity contribution < 1.29 is 37.6 Å². The van der Waals surface area contributed by atoms with Gasteiger partial charge in [-0.05, 0) is 12.8 Å². The summed E-state index contributed by atoms with van der Waals surface area (Å²) in [7, 11) is -4.36. The van der Waals surface area contributed by atoms with Gasteiger partial charge in [0.05, 0.1) is 13.2 Å². The van der Waals surface area contributed by atoms with E-state index in [4.69, 9.17) is 24.3 Å². The molecule has 0 aromatic heterocycles. The van der Waals surface area contributed by atoms with Crippen LogP contribution < -0.4 is 5.73 Å². The second-order valence-electron chi connectivity index (χ2n) is 12.5. The van der Waals surface area contributed by atoms with Crippen LogP contribution in [0.5, 0.6) is 0 Å². The molecule has 2 atom stereocenters. The van der Waals surface area contributed by atoms with Crippen molar-refractivity contribution in [2.24, 2.45) is 5.73 Å². The molecule has 0 spiro atoms. The van der Waals surface area contributed by atoms with Crippen LogP contribution in [0, 0.1) is 0 Å². The number of hydrogen-bond acceptors (Lipinski definition) is 8. The zero-order valence-electron chi connectivity index (χ0n) is 29.1. The van der Waals surface area contributed by atoms with E-state index in [1.54, 1.807) is 0 Å². The summed E-state index contributed by atoms with van der Waals surface area (Å²) in [5.41, 5.74) is 5.32. The molecular formula is C35H70NO8P. The maximum Gasteiger partial charge on any atom is 0.472 e. The molecule has 0 rings (SSSR count). The first-order valence-electron chi connectivity index (χ1n) is 18.5. The van der Waals surface area contributed by atoms with Gasteiger partial charge in [0, 0.05) is 19.4 Å². The monoisotopic (exact) mass is 663 g/mol. The van der Waals surface area contributed by atoms with Crippen LogP contribution in [0.2, 0.25) is 0 Å². The zero-order valence-corrected chi connectivity index (χ0v) is 30.0. The van der Waals surface area contributed by atoms with Gasteiger partial charge in [-0.1, -0.05) is 155 Å². The van der Waals surface area contributed by atoms with Gasteiger partial charge < -0.3 is 20.1 Å². The highest BCUT2D eigenvalue weighted by Gasteiger charge is 2.25. The predicted molar refractivity (Wildman–Crippen MR) is 183 cm³/mol. The molecule has 0 radical (unpaired) electrons. The summed E-state index contributed by atoms with van der Waals surface area (Å²) >= 11 is 0. The number of unbranched alkanes of at least 4 members (excludes halogenated alkanes) is 22. The van der Waals surface area contributed by atoms with E-state index >= 15 is 0 Å². The van der Waals surface area contributed by atoms with E-state index in [0.717, 1.165) is 32.1 Å². The summed E-state index contributed by atoms with van der Waals surface area (Å²) in [4.78, 5) is 34.6. The molecule has 0 amide bonds. The minimum atomic E-state index is -4.36. The molecule has 9 nitrogen and oxygen atoms in total. The van der Waals surface area contributed by atoms with Crippen molar-refractivity contribution in [2.45, 2.75) is 187 Å². The summed E-state index contributed by atoms with van der Waals surface area (Å²) in [5, 5.41) is 0. The fourth-order valence-corrected chi connectivity index (χ4v) is 5.99. The van der Waals surface area contributed by atoms with Crippen molar-refractivity contribution in [2.75, 3.05) is 26.4 Å². The smallest absolute Gasteiger partial charge is 0.462 e. The van der Waals surface area contributed by atoms with Crippen molar-refractivity contribution in [1.29, 1.82) is 0 Å². The van der Waals surface area contributed by atoms with Crippen LogP contribution in [0.1, 0.15) is 181 Å². The molecule has 0 aromatic carbocycles. The number of phosphoric ester groups is 1. The molecule has 0 fully saturated rings. The first-order chi connectivity index (χ1) is 21.8. The number of carbonyl (C=O) groups excluding carboxylic acids is 2. The molecule has 0 aliphatic heterocycles. The minimum Gasteiger partial charge on any atom is -0.462 e. The van der Waals surface area contributed by atoms with Gasteiger partial charge in [0.15, 0.2) is 6.10 Å². The van der Waals surface area contributed by atoms with Crippen LogP contribution in [-0.2, 0) is 32.7 Å². The fourth-order valence-electron chi connectivity index (χ4n) is 5.22. The van der Waals surface area contributed by atoms with Gasteiger partial charge >= 0.3 is 19.8 Å². The first-order valence-corrected chi connectivity index (χ1v) is 20.0. The molecule has 10 heteroatoms. The Kier molecular flexibility index (Phi) is 32.2. The summed E-state index contributed by atoms with van der Waals surface area (Å²) < 4.78 is 32.6. The third-order valence-corrected chi connectivity index (χ3v) is 8.98. The Morgan fingerprint density at radius 3 is 1.36 bits per heavy atom. The van der Waals surface area contributed by atoms with E-state index in [0.29, 0.717) is 6.42 Å². The highest BCUT2D eigenvalue weighted by atomic mass is 31.2. The van der Waals surface area contributed by atoms with Crippen LogP contribution in [0.3, 0.4) is 0 Å². The van der Waals surface area contributed by atoms with Gasteiger partial charge in [0.2, 0.25) is 0 Å². The second-order valence-corrected chi connectivity index (χ2v) is 13.9. The van der Waals surface area contributed by atoms with E-state index in [-0.39, 0.29) is 38.6 Å². The van der Waals surface area contributed by atoms with Crippen LogP contribution >= 0.6 is 7.82 Å². The summed E-state index contributed by atoms with van der Waals surface area (Å²) in [6.07, 6.45) is 28.5. The molecule has 0 aliphatic rings. The summed E-state index contributed by atoms with van der Waals surface area (Å²) in [5.74, 6) is -0.821. The topological polar surface area (TPSA) is 134 Å². The van der Waals surface area contributed by atoms with Crippen LogP contribution in [-0.4, -0.2) is 49.3 Å². The van der Waals surface area contributed by atoms with Crippen molar-refractivity contribution in [3.8, 4) is 0 Å². The van der Waals surface area contributed by atoms with Crippen LogP contribution in [0.15, 0.2) is 0 Å². The maximum atomic E-state index is 12.5. The molecule has 2 unspecified atom stereocenters. The normalized spacial score (nSPS) is 13.4. The number of nitrogens with two attached hydrogens (primary N) is 1. The maximum absolute atomic E-state index is 12.5. The molecule has 0 saturated heterocycles. The number of hydrogen-bond donors (Lipinski definition) is 2. The Morgan fingerprint density at radius 2 is 0.956 bits per heavy atom. The molecule has 0 bridgehead atoms. The SMILES string of the molecule is CCCCCCCCCCCCCCCCC(=O)OCC(COP(=O)(O)OCCN)OC(=O)CCCCCCCCCCCC. The molecular weight excluding hydrogens is 593 g/mol. The quantitative estimate of drug-likeness (QED) is 0.0386. The zero-order chi connectivity index (χ0) is 33.3. The van der Waals surface area contributed by atoms with Crippen molar-refractivity contribution in [3.63, 3.8) is 0 Å². The van der Waals surface area contributed by atoms with E-state index in [1.807, 2.05) is 0 Å². The van der Waals surface area contributed by atoms with Crippen molar-refractivity contribution >= 4 is 19.8 Å². The second kappa shape index (κ2) is 32.9. The number of ether oxygens (including phenoxy) is 2. The number of carbonyl (C=O) groups is 2. The first kappa shape index (κ1) is 44.0. The Balaban J connectivity index is 4.18. The average molecular weight is 664 g/mol. The van der Waals surface area contributed by atoms with Gasteiger partial charge in [-0.25, -0.2) is 4.57 Å². The third-order valence-electron chi connectivity index (χ3n) is 7.99. The molecule has 0 heterocycles. The van der Waals surface area contributed by atoms with E-state index in [9.17, 15) is 19.0 Å². The fraction of sp³-hybridized carbons (Fsp3) is 0.943. The van der Waals surface area contributed by atoms with Gasteiger partial charge in [0.1, 0.15) is 6.61 Å². The lowest BCUT2D eigenvalue weighted by molar-refractivity contribution is -0.161.